The SMILES string of the molecule is COC(=O)C1CC1C1COC(C)(C)N1C(=O)OC(C)(C)C. The predicted octanol–water partition coefficient (Wildman–Crippen LogP) is 2.17. The molecule has 3 unspecified atom stereocenters. The Kier molecular flexibility index (Phi) is 3.95. The topological polar surface area (TPSA) is 65.1 Å². The Morgan fingerprint density at radius 1 is 1.29 bits per heavy atom. The first kappa shape index (κ1) is 16.1. The third-order valence-corrected chi connectivity index (χ3v) is 3.95. The fourth-order valence-electron chi connectivity index (χ4n) is 2.88. The quantitative estimate of drug-likeness (QED) is 0.731. The van der Waals surface area contributed by atoms with Gasteiger partial charge in [0.2, 0.25) is 0 Å². The average molecular weight is 299 g/mol. The van der Waals surface area contributed by atoms with Crippen LogP contribution in [0.2, 0.25) is 0 Å². The van der Waals surface area contributed by atoms with Crippen LogP contribution in [0.1, 0.15) is 41.0 Å². The molecule has 0 N–H and O–H groups in total. The van der Waals surface area contributed by atoms with E-state index in [4.69, 9.17) is 14.2 Å². The predicted molar refractivity (Wildman–Crippen MR) is 75.5 cm³/mol. The van der Waals surface area contributed by atoms with Crippen molar-refractivity contribution in [3.8, 4) is 0 Å². The Bertz CT molecular complexity index is 440. The van der Waals surface area contributed by atoms with Gasteiger partial charge in [-0.15, -0.1) is 0 Å². The third-order valence-electron chi connectivity index (χ3n) is 3.95. The highest BCUT2D eigenvalue weighted by Gasteiger charge is 2.57. The van der Waals surface area contributed by atoms with Crippen molar-refractivity contribution in [2.45, 2.75) is 58.4 Å². The van der Waals surface area contributed by atoms with Crippen LogP contribution in [-0.4, -0.2) is 48.0 Å². The van der Waals surface area contributed by atoms with E-state index < -0.39 is 17.4 Å². The molecule has 2 fully saturated rings. The van der Waals surface area contributed by atoms with Crippen LogP contribution in [0, 0.1) is 11.8 Å². The molecule has 6 heteroatoms. The van der Waals surface area contributed by atoms with Crippen LogP contribution in [0.5, 0.6) is 0 Å². The first-order valence-electron chi connectivity index (χ1n) is 7.31. The first-order chi connectivity index (χ1) is 9.57. The fourth-order valence-corrected chi connectivity index (χ4v) is 2.88. The summed E-state index contributed by atoms with van der Waals surface area (Å²) in [5.41, 5.74) is -1.29. The highest BCUT2D eigenvalue weighted by atomic mass is 16.6. The Morgan fingerprint density at radius 3 is 2.43 bits per heavy atom. The molecular formula is C15H25NO5. The summed E-state index contributed by atoms with van der Waals surface area (Å²) in [4.78, 5) is 25.7. The van der Waals surface area contributed by atoms with E-state index in [1.807, 2.05) is 34.6 Å². The minimum atomic E-state index is -0.726. The van der Waals surface area contributed by atoms with Crippen LogP contribution in [0.25, 0.3) is 0 Å². The van der Waals surface area contributed by atoms with Gasteiger partial charge in [0.15, 0.2) is 0 Å². The van der Waals surface area contributed by atoms with E-state index in [0.717, 1.165) is 6.42 Å². The molecule has 0 aromatic carbocycles. The van der Waals surface area contributed by atoms with Gasteiger partial charge in [-0.25, -0.2) is 4.79 Å². The van der Waals surface area contributed by atoms with Crippen LogP contribution in [-0.2, 0) is 19.0 Å². The number of carbonyl (C=O) groups is 2. The summed E-state index contributed by atoms with van der Waals surface area (Å²) in [6.07, 6.45) is 0.335. The van der Waals surface area contributed by atoms with Crippen molar-refractivity contribution in [1.29, 1.82) is 0 Å². The molecule has 2 rings (SSSR count). The maximum Gasteiger partial charge on any atom is 0.412 e. The Morgan fingerprint density at radius 2 is 1.90 bits per heavy atom. The summed E-state index contributed by atoms with van der Waals surface area (Å²) < 4.78 is 16.0. The first-order valence-corrected chi connectivity index (χ1v) is 7.31. The molecule has 120 valence electrons. The van der Waals surface area contributed by atoms with Crippen LogP contribution >= 0.6 is 0 Å². The monoisotopic (exact) mass is 299 g/mol. The van der Waals surface area contributed by atoms with Crippen molar-refractivity contribution >= 4 is 12.1 Å². The highest BCUT2D eigenvalue weighted by Crippen LogP contribution is 2.48. The van der Waals surface area contributed by atoms with E-state index >= 15 is 0 Å². The number of nitrogens with zero attached hydrogens (tertiary/aromatic N) is 1. The van der Waals surface area contributed by atoms with Gasteiger partial charge in [0.25, 0.3) is 0 Å². The molecule has 0 radical (unpaired) electrons. The van der Waals surface area contributed by atoms with E-state index in [2.05, 4.69) is 0 Å². The van der Waals surface area contributed by atoms with Crippen molar-refractivity contribution in [2.24, 2.45) is 11.8 Å². The molecule has 0 spiro atoms. The zero-order valence-corrected chi connectivity index (χ0v) is 13.6. The van der Waals surface area contributed by atoms with Crippen molar-refractivity contribution < 1.29 is 23.8 Å². The lowest BCUT2D eigenvalue weighted by Gasteiger charge is -2.35. The third kappa shape index (κ3) is 3.31. The minimum absolute atomic E-state index is 0.0896. The number of esters is 1. The van der Waals surface area contributed by atoms with Gasteiger partial charge in [0.05, 0.1) is 25.7 Å². The van der Waals surface area contributed by atoms with Crippen LogP contribution in [0.4, 0.5) is 4.79 Å². The molecule has 3 atom stereocenters. The summed E-state index contributed by atoms with van der Waals surface area (Å²) in [5.74, 6) is -0.261. The lowest BCUT2D eigenvalue weighted by Crippen LogP contribution is -2.50. The highest BCUT2D eigenvalue weighted by molar-refractivity contribution is 5.76. The lowest BCUT2D eigenvalue weighted by atomic mass is 10.1. The van der Waals surface area contributed by atoms with Crippen molar-refractivity contribution in [2.75, 3.05) is 13.7 Å². The summed E-state index contributed by atoms with van der Waals surface area (Å²) >= 11 is 0. The summed E-state index contributed by atoms with van der Waals surface area (Å²) in [6, 6.07) is -0.140. The molecule has 1 heterocycles. The molecular weight excluding hydrogens is 274 g/mol. The number of ether oxygens (including phenoxy) is 3. The molecule has 1 aliphatic carbocycles. The zero-order valence-electron chi connectivity index (χ0n) is 13.6. The van der Waals surface area contributed by atoms with E-state index in [9.17, 15) is 9.59 Å². The largest absolute Gasteiger partial charge is 0.469 e. The molecule has 0 bridgehead atoms. The molecule has 1 amide bonds. The number of hydrogen-bond acceptors (Lipinski definition) is 5. The number of hydrogen-bond donors (Lipinski definition) is 0. The number of methoxy groups -OCH3 is 1. The van der Waals surface area contributed by atoms with E-state index in [1.54, 1.807) is 4.90 Å². The molecule has 1 saturated heterocycles. The summed E-state index contributed by atoms with van der Waals surface area (Å²) in [7, 11) is 1.39. The molecule has 6 nitrogen and oxygen atoms in total. The van der Waals surface area contributed by atoms with Crippen molar-refractivity contribution in [1.82, 2.24) is 4.90 Å². The van der Waals surface area contributed by atoms with Gasteiger partial charge in [-0.3, -0.25) is 9.69 Å². The Hall–Kier alpha value is -1.30. The second-order valence-electron chi connectivity index (χ2n) is 7.20. The molecule has 1 saturated carbocycles. The summed E-state index contributed by atoms with van der Waals surface area (Å²) in [5, 5.41) is 0. The van der Waals surface area contributed by atoms with Gasteiger partial charge in [-0.1, -0.05) is 0 Å². The lowest BCUT2D eigenvalue weighted by molar-refractivity contribution is -0.142. The standard InChI is InChI=1S/C15H25NO5/c1-14(2,3)21-13(18)16-11(8-20-15(16,4)5)9-7-10(9)12(17)19-6/h9-11H,7-8H2,1-6H3. The van der Waals surface area contributed by atoms with Crippen LogP contribution < -0.4 is 0 Å². The second-order valence-corrected chi connectivity index (χ2v) is 7.20. The molecule has 0 aromatic heterocycles. The van der Waals surface area contributed by atoms with E-state index in [-0.39, 0.29) is 23.8 Å². The van der Waals surface area contributed by atoms with Gasteiger partial charge >= 0.3 is 12.1 Å². The Labute approximate surface area is 125 Å². The normalized spacial score (nSPS) is 31.0. The smallest absolute Gasteiger partial charge is 0.412 e. The van der Waals surface area contributed by atoms with Crippen molar-refractivity contribution in [3.05, 3.63) is 0 Å². The Balaban J connectivity index is 2.11. The number of carbonyl (C=O) groups excluding carboxylic acids is 2. The average Bonchev–Trinajstić information content (AvgIpc) is 3.04. The summed E-state index contributed by atoms with van der Waals surface area (Å²) in [6.45, 7) is 9.60. The molecule has 2 aliphatic rings. The van der Waals surface area contributed by atoms with Gasteiger partial charge < -0.3 is 14.2 Å². The zero-order chi connectivity index (χ0) is 16.0. The van der Waals surface area contributed by atoms with Gasteiger partial charge in [0, 0.05) is 0 Å². The molecule has 0 aromatic rings. The molecule has 1 aliphatic heterocycles. The minimum Gasteiger partial charge on any atom is -0.469 e. The van der Waals surface area contributed by atoms with Gasteiger partial charge in [-0.05, 0) is 47.0 Å². The van der Waals surface area contributed by atoms with Gasteiger partial charge in [0.1, 0.15) is 11.3 Å². The van der Waals surface area contributed by atoms with Crippen molar-refractivity contribution in [3.63, 3.8) is 0 Å². The maximum absolute atomic E-state index is 12.5. The number of amides is 1. The maximum atomic E-state index is 12.5. The van der Waals surface area contributed by atoms with E-state index in [1.165, 1.54) is 7.11 Å². The second kappa shape index (κ2) is 5.16. The van der Waals surface area contributed by atoms with E-state index in [0.29, 0.717) is 6.61 Å². The fraction of sp³-hybridized carbons (Fsp3) is 0.867. The van der Waals surface area contributed by atoms with Crippen LogP contribution in [0.15, 0.2) is 0 Å². The number of rotatable bonds is 2. The van der Waals surface area contributed by atoms with Gasteiger partial charge in [-0.2, -0.15) is 0 Å². The van der Waals surface area contributed by atoms with Crippen LogP contribution in [0.3, 0.4) is 0 Å². The molecule has 21 heavy (non-hydrogen) atoms.